The topological polar surface area (TPSA) is 95.9 Å². The zero-order valence-electron chi connectivity index (χ0n) is 15.3. The van der Waals surface area contributed by atoms with E-state index in [2.05, 4.69) is 9.82 Å². The molecule has 1 N–H and O–H groups in total. The van der Waals surface area contributed by atoms with Gasteiger partial charge in [0.15, 0.2) is 0 Å². The number of hydrogen-bond donors (Lipinski definition) is 1. The SMILES string of the molecule is CCS(=O)(=O)Nc1cccc(C2=NN(S(C)(=O)=O)[C@H](c3cccc(F)c3)C2)c1. The standard InChI is InChI=1S/C18H20FN3O4S2/c1-3-28(25,26)21-16-9-5-6-13(11-16)17-12-18(22(20-17)27(2,23)24)14-7-4-8-15(19)10-14/h4-11,18,21H,3,12H2,1-2H3/t18-/m0/s1. The molecule has 0 aromatic heterocycles. The van der Waals surface area contributed by atoms with Crippen molar-refractivity contribution in [3.8, 4) is 0 Å². The Hall–Kier alpha value is -2.46. The molecule has 0 saturated heterocycles. The van der Waals surface area contributed by atoms with Crippen LogP contribution in [0.2, 0.25) is 0 Å². The molecule has 10 heteroatoms. The summed E-state index contributed by atoms with van der Waals surface area (Å²) in [6.07, 6.45) is 1.28. The maximum atomic E-state index is 13.6. The fourth-order valence-corrected chi connectivity index (χ4v) is 4.48. The van der Waals surface area contributed by atoms with Crippen LogP contribution in [0.5, 0.6) is 0 Å². The monoisotopic (exact) mass is 425 g/mol. The number of rotatable bonds is 6. The largest absolute Gasteiger partial charge is 0.284 e. The van der Waals surface area contributed by atoms with Gasteiger partial charge < -0.3 is 0 Å². The lowest BCUT2D eigenvalue weighted by Gasteiger charge is -2.21. The molecule has 2 aromatic rings. The third-order valence-electron chi connectivity index (χ3n) is 4.30. The van der Waals surface area contributed by atoms with Crippen molar-refractivity contribution in [1.29, 1.82) is 0 Å². The number of benzene rings is 2. The van der Waals surface area contributed by atoms with Gasteiger partial charge >= 0.3 is 0 Å². The lowest BCUT2D eigenvalue weighted by molar-refractivity contribution is 0.373. The van der Waals surface area contributed by atoms with E-state index in [1.54, 1.807) is 30.3 Å². The van der Waals surface area contributed by atoms with E-state index >= 15 is 0 Å². The summed E-state index contributed by atoms with van der Waals surface area (Å²) >= 11 is 0. The van der Waals surface area contributed by atoms with Crippen LogP contribution >= 0.6 is 0 Å². The molecule has 1 atom stereocenters. The van der Waals surface area contributed by atoms with Crippen LogP contribution in [-0.4, -0.2) is 39.0 Å². The Bertz CT molecular complexity index is 1130. The summed E-state index contributed by atoms with van der Waals surface area (Å²) in [5.74, 6) is -0.530. The molecule has 0 radical (unpaired) electrons. The van der Waals surface area contributed by atoms with Crippen LogP contribution in [0.3, 0.4) is 0 Å². The van der Waals surface area contributed by atoms with Gasteiger partial charge in [0.2, 0.25) is 20.0 Å². The fourth-order valence-electron chi connectivity index (χ4n) is 2.94. The number of sulfonamides is 2. The van der Waals surface area contributed by atoms with Crippen molar-refractivity contribution in [2.45, 2.75) is 19.4 Å². The molecule has 0 saturated carbocycles. The molecular weight excluding hydrogens is 405 g/mol. The molecule has 150 valence electrons. The first-order chi connectivity index (χ1) is 13.1. The molecule has 0 bridgehead atoms. The normalized spacial score (nSPS) is 17.5. The summed E-state index contributed by atoms with van der Waals surface area (Å²) in [4.78, 5) is 0. The van der Waals surface area contributed by atoms with Crippen LogP contribution in [0.15, 0.2) is 53.6 Å². The average Bonchev–Trinajstić information content (AvgIpc) is 3.07. The van der Waals surface area contributed by atoms with E-state index in [0.717, 1.165) is 10.7 Å². The van der Waals surface area contributed by atoms with E-state index in [4.69, 9.17) is 0 Å². The van der Waals surface area contributed by atoms with Gasteiger partial charge in [0, 0.05) is 12.1 Å². The van der Waals surface area contributed by atoms with Crippen LogP contribution < -0.4 is 4.72 Å². The van der Waals surface area contributed by atoms with Gasteiger partial charge in [0.25, 0.3) is 0 Å². The quantitative estimate of drug-likeness (QED) is 0.770. The smallest absolute Gasteiger partial charge is 0.247 e. The molecule has 1 aliphatic heterocycles. The summed E-state index contributed by atoms with van der Waals surface area (Å²) in [5.41, 5.74) is 1.91. The Balaban J connectivity index is 1.97. The van der Waals surface area contributed by atoms with E-state index in [1.165, 1.54) is 25.1 Å². The second-order valence-corrected chi connectivity index (χ2v) is 10.3. The Kier molecular flexibility index (Phi) is 5.44. The number of nitrogens with one attached hydrogen (secondary N) is 1. The molecule has 2 aromatic carbocycles. The van der Waals surface area contributed by atoms with Crippen LogP contribution in [0.4, 0.5) is 10.1 Å². The van der Waals surface area contributed by atoms with Gasteiger partial charge in [0.05, 0.1) is 23.8 Å². The van der Waals surface area contributed by atoms with Gasteiger partial charge in [-0.25, -0.2) is 21.2 Å². The molecule has 1 heterocycles. The first-order valence-corrected chi connectivity index (χ1v) is 12.0. The average molecular weight is 426 g/mol. The van der Waals surface area contributed by atoms with Crippen LogP contribution in [0.1, 0.15) is 30.5 Å². The van der Waals surface area contributed by atoms with Crippen molar-refractivity contribution < 1.29 is 21.2 Å². The van der Waals surface area contributed by atoms with Gasteiger partial charge in [-0.05, 0) is 42.3 Å². The van der Waals surface area contributed by atoms with Crippen LogP contribution in [0, 0.1) is 5.82 Å². The summed E-state index contributed by atoms with van der Waals surface area (Å²) < 4.78 is 65.1. The lowest BCUT2D eigenvalue weighted by atomic mass is 9.99. The Morgan fingerprint density at radius 1 is 1.14 bits per heavy atom. The number of anilines is 1. The number of hydrazone groups is 1. The van der Waals surface area contributed by atoms with Gasteiger partial charge in [-0.1, -0.05) is 24.3 Å². The summed E-state index contributed by atoms with van der Waals surface area (Å²) in [6.45, 7) is 1.53. The lowest BCUT2D eigenvalue weighted by Crippen LogP contribution is -2.26. The summed E-state index contributed by atoms with van der Waals surface area (Å²) in [7, 11) is -7.13. The fraction of sp³-hybridized carbons (Fsp3) is 0.278. The number of nitrogens with zero attached hydrogens (tertiary/aromatic N) is 2. The molecule has 1 aliphatic rings. The maximum Gasteiger partial charge on any atom is 0.247 e. The number of hydrogen-bond acceptors (Lipinski definition) is 5. The molecule has 28 heavy (non-hydrogen) atoms. The molecular formula is C18H20FN3O4S2. The highest BCUT2D eigenvalue weighted by atomic mass is 32.2. The van der Waals surface area contributed by atoms with Crippen molar-refractivity contribution in [1.82, 2.24) is 4.41 Å². The van der Waals surface area contributed by atoms with Gasteiger partial charge in [-0.3, -0.25) is 4.72 Å². The van der Waals surface area contributed by atoms with E-state index < -0.39 is 31.9 Å². The summed E-state index contributed by atoms with van der Waals surface area (Å²) in [5, 5.41) is 4.24. The minimum absolute atomic E-state index is 0.0678. The highest BCUT2D eigenvalue weighted by Gasteiger charge is 2.34. The Labute approximate surface area is 164 Å². The molecule has 3 rings (SSSR count). The van der Waals surface area contributed by atoms with Crippen LogP contribution in [-0.2, 0) is 20.0 Å². The highest BCUT2D eigenvalue weighted by molar-refractivity contribution is 7.92. The first kappa shape index (κ1) is 20.3. The van der Waals surface area contributed by atoms with Crippen LogP contribution in [0.25, 0.3) is 0 Å². The Morgan fingerprint density at radius 2 is 1.86 bits per heavy atom. The third kappa shape index (κ3) is 4.50. The molecule has 0 fully saturated rings. The molecule has 0 amide bonds. The summed E-state index contributed by atoms with van der Waals surface area (Å²) in [6, 6.07) is 11.6. The first-order valence-electron chi connectivity index (χ1n) is 8.52. The molecule has 7 nitrogen and oxygen atoms in total. The molecule has 0 aliphatic carbocycles. The molecule has 0 spiro atoms. The predicted octanol–water partition coefficient (Wildman–Crippen LogP) is 2.70. The van der Waals surface area contributed by atoms with Gasteiger partial charge in [-0.15, -0.1) is 0 Å². The second-order valence-electron chi connectivity index (χ2n) is 6.44. The van der Waals surface area contributed by atoms with Crippen molar-refractivity contribution >= 4 is 31.4 Å². The minimum atomic E-state index is -3.68. The van der Waals surface area contributed by atoms with E-state index in [-0.39, 0.29) is 12.2 Å². The van der Waals surface area contributed by atoms with Gasteiger partial charge in [-0.2, -0.15) is 9.52 Å². The van der Waals surface area contributed by atoms with Crippen molar-refractivity contribution in [3.05, 3.63) is 65.5 Å². The zero-order chi connectivity index (χ0) is 20.5. The zero-order valence-corrected chi connectivity index (χ0v) is 17.0. The van der Waals surface area contributed by atoms with Gasteiger partial charge in [0.1, 0.15) is 5.82 Å². The minimum Gasteiger partial charge on any atom is -0.284 e. The second kappa shape index (κ2) is 7.51. The Morgan fingerprint density at radius 3 is 2.50 bits per heavy atom. The van der Waals surface area contributed by atoms with E-state index in [0.29, 0.717) is 22.5 Å². The number of halogens is 1. The van der Waals surface area contributed by atoms with Crippen molar-refractivity contribution in [2.75, 3.05) is 16.7 Å². The van der Waals surface area contributed by atoms with E-state index in [9.17, 15) is 21.2 Å². The van der Waals surface area contributed by atoms with Crippen molar-refractivity contribution in [3.63, 3.8) is 0 Å². The third-order valence-corrected chi connectivity index (χ3v) is 6.62. The van der Waals surface area contributed by atoms with Crippen molar-refractivity contribution in [2.24, 2.45) is 5.10 Å². The predicted molar refractivity (Wildman–Crippen MR) is 107 cm³/mol. The van der Waals surface area contributed by atoms with E-state index in [1.807, 2.05) is 0 Å². The molecule has 0 unspecified atom stereocenters. The highest BCUT2D eigenvalue weighted by Crippen LogP contribution is 2.35. The maximum absolute atomic E-state index is 13.6.